The SMILES string of the molecule is CC1CCCN(C2=C(c3ccc(Cl)cc3)C(=O)N(c3cccc(C(F)(F)F)c3)C2=O)C1. The molecule has 0 saturated carbocycles. The van der Waals surface area contributed by atoms with Gasteiger partial charge in [0, 0.05) is 18.1 Å². The first-order valence-corrected chi connectivity index (χ1v) is 10.4. The Bertz CT molecular complexity index is 1060. The summed E-state index contributed by atoms with van der Waals surface area (Å²) in [5.41, 5.74) is -0.0926. The minimum atomic E-state index is -4.58. The summed E-state index contributed by atoms with van der Waals surface area (Å²) in [6.45, 7) is 3.27. The molecule has 2 aromatic rings. The molecule has 2 amide bonds. The Hall–Kier alpha value is -2.80. The van der Waals surface area contributed by atoms with Crippen LogP contribution in [0.4, 0.5) is 18.9 Å². The number of hydrogen-bond donors (Lipinski definition) is 0. The number of carbonyl (C=O) groups is 2. The van der Waals surface area contributed by atoms with Gasteiger partial charge in [-0.2, -0.15) is 13.2 Å². The lowest BCUT2D eigenvalue weighted by atomic mass is 9.98. The summed E-state index contributed by atoms with van der Waals surface area (Å²) in [4.78, 5) is 29.6. The van der Waals surface area contributed by atoms with Crippen molar-refractivity contribution in [1.82, 2.24) is 4.90 Å². The van der Waals surface area contributed by atoms with Gasteiger partial charge in [0.05, 0.1) is 16.8 Å². The second-order valence-corrected chi connectivity index (χ2v) is 8.35. The molecule has 0 aliphatic carbocycles. The minimum Gasteiger partial charge on any atom is -0.366 e. The lowest BCUT2D eigenvalue weighted by molar-refractivity contribution is -0.137. The highest BCUT2D eigenvalue weighted by Crippen LogP contribution is 2.38. The number of amides is 2. The van der Waals surface area contributed by atoms with Crippen molar-refractivity contribution in [3.05, 3.63) is 70.4 Å². The van der Waals surface area contributed by atoms with Crippen LogP contribution in [0, 0.1) is 5.92 Å². The van der Waals surface area contributed by atoms with Gasteiger partial charge in [0.2, 0.25) is 0 Å². The molecule has 31 heavy (non-hydrogen) atoms. The number of likely N-dealkylation sites (tertiary alicyclic amines) is 1. The number of imide groups is 1. The molecule has 1 fully saturated rings. The van der Waals surface area contributed by atoms with E-state index >= 15 is 0 Å². The van der Waals surface area contributed by atoms with Crippen LogP contribution in [-0.4, -0.2) is 29.8 Å². The standard InChI is InChI=1S/C23H20ClF3N2O2/c1-14-4-3-11-28(13-14)20-19(15-7-9-17(24)10-8-15)21(30)29(22(20)31)18-6-2-5-16(12-18)23(25,26)27/h2,5-10,12,14H,3-4,11,13H2,1H3. The highest BCUT2D eigenvalue weighted by molar-refractivity contribution is 6.45. The van der Waals surface area contributed by atoms with Gasteiger partial charge in [-0.05, 0) is 54.7 Å². The van der Waals surface area contributed by atoms with Crippen LogP contribution < -0.4 is 4.90 Å². The topological polar surface area (TPSA) is 40.6 Å². The van der Waals surface area contributed by atoms with E-state index in [0.29, 0.717) is 29.6 Å². The first kappa shape index (κ1) is 21.4. The van der Waals surface area contributed by atoms with Gasteiger partial charge in [0.1, 0.15) is 5.70 Å². The fraction of sp³-hybridized carbons (Fsp3) is 0.304. The van der Waals surface area contributed by atoms with E-state index in [4.69, 9.17) is 11.6 Å². The molecule has 0 aromatic heterocycles. The van der Waals surface area contributed by atoms with Gasteiger partial charge in [-0.1, -0.05) is 36.7 Å². The Morgan fingerprint density at radius 3 is 2.39 bits per heavy atom. The molecule has 4 nitrogen and oxygen atoms in total. The van der Waals surface area contributed by atoms with Crippen LogP contribution in [0.15, 0.2) is 54.2 Å². The van der Waals surface area contributed by atoms with Crippen LogP contribution in [0.3, 0.4) is 0 Å². The van der Waals surface area contributed by atoms with E-state index in [1.807, 2.05) is 4.90 Å². The molecule has 4 rings (SSSR count). The van der Waals surface area contributed by atoms with Gasteiger partial charge in [-0.25, -0.2) is 4.90 Å². The average Bonchev–Trinajstić information content (AvgIpc) is 2.98. The quantitative estimate of drug-likeness (QED) is 0.592. The molecule has 2 aliphatic rings. The number of benzene rings is 2. The fourth-order valence-corrected chi connectivity index (χ4v) is 4.26. The maximum Gasteiger partial charge on any atom is 0.416 e. The third kappa shape index (κ3) is 4.06. The number of nitrogens with zero attached hydrogens (tertiary/aromatic N) is 2. The number of anilines is 1. The highest BCUT2D eigenvalue weighted by Gasteiger charge is 2.43. The van der Waals surface area contributed by atoms with Crippen molar-refractivity contribution in [3.8, 4) is 0 Å². The number of piperidine rings is 1. The maximum atomic E-state index is 13.4. The lowest BCUT2D eigenvalue weighted by Crippen LogP contribution is -2.39. The zero-order valence-corrected chi connectivity index (χ0v) is 17.5. The molecule has 0 spiro atoms. The van der Waals surface area contributed by atoms with Crippen molar-refractivity contribution < 1.29 is 22.8 Å². The summed E-state index contributed by atoms with van der Waals surface area (Å²) in [5, 5.41) is 0.476. The van der Waals surface area contributed by atoms with Crippen molar-refractivity contribution >= 4 is 34.7 Å². The molecule has 0 N–H and O–H groups in total. The molecule has 162 valence electrons. The van der Waals surface area contributed by atoms with E-state index in [-0.39, 0.29) is 17.0 Å². The van der Waals surface area contributed by atoms with Crippen LogP contribution in [0.1, 0.15) is 30.9 Å². The number of rotatable bonds is 3. The molecule has 2 aliphatic heterocycles. The summed E-state index contributed by atoms with van der Waals surface area (Å²) in [5.74, 6) is -0.915. The van der Waals surface area contributed by atoms with Crippen LogP contribution in [0.5, 0.6) is 0 Å². The molecule has 8 heteroatoms. The summed E-state index contributed by atoms with van der Waals surface area (Å²) in [6, 6.07) is 10.8. The van der Waals surface area contributed by atoms with E-state index in [0.717, 1.165) is 29.9 Å². The summed E-state index contributed by atoms with van der Waals surface area (Å²) in [7, 11) is 0. The minimum absolute atomic E-state index is 0.101. The molecule has 1 saturated heterocycles. The van der Waals surface area contributed by atoms with E-state index < -0.39 is 23.6 Å². The third-order valence-corrected chi connectivity index (χ3v) is 5.85. The van der Waals surface area contributed by atoms with Crippen molar-refractivity contribution in [1.29, 1.82) is 0 Å². The van der Waals surface area contributed by atoms with E-state index in [1.54, 1.807) is 24.3 Å². The lowest BCUT2D eigenvalue weighted by Gasteiger charge is -2.33. The molecule has 2 heterocycles. The number of halogens is 4. The second-order valence-electron chi connectivity index (χ2n) is 7.92. The largest absolute Gasteiger partial charge is 0.416 e. The Morgan fingerprint density at radius 2 is 1.74 bits per heavy atom. The van der Waals surface area contributed by atoms with Gasteiger partial charge in [0.25, 0.3) is 11.8 Å². The van der Waals surface area contributed by atoms with Gasteiger partial charge in [-0.15, -0.1) is 0 Å². The normalized spacial score (nSPS) is 20.1. The molecular weight excluding hydrogens is 429 g/mol. The van der Waals surface area contributed by atoms with Crippen molar-refractivity contribution in [2.24, 2.45) is 5.92 Å². The molecular formula is C23H20ClF3N2O2. The Labute approximate surface area is 182 Å². The fourth-order valence-electron chi connectivity index (χ4n) is 4.14. The van der Waals surface area contributed by atoms with Gasteiger partial charge < -0.3 is 4.90 Å². The zero-order chi connectivity index (χ0) is 22.3. The molecule has 0 radical (unpaired) electrons. The van der Waals surface area contributed by atoms with E-state index in [2.05, 4.69) is 6.92 Å². The van der Waals surface area contributed by atoms with Crippen molar-refractivity contribution in [2.45, 2.75) is 25.9 Å². The maximum absolute atomic E-state index is 13.4. The molecule has 1 unspecified atom stereocenters. The van der Waals surface area contributed by atoms with Crippen molar-refractivity contribution in [3.63, 3.8) is 0 Å². The monoisotopic (exact) mass is 448 g/mol. The Balaban J connectivity index is 1.82. The second kappa shape index (κ2) is 8.04. The highest BCUT2D eigenvalue weighted by atomic mass is 35.5. The van der Waals surface area contributed by atoms with E-state index in [1.165, 1.54) is 12.1 Å². The average molecular weight is 449 g/mol. The smallest absolute Gasteiger partial charge is 0.366 e. The summed E-state index contributed by atoms with van der Waals surface area (Å²) in [6.07, 6.45) is -2.71. The van der Waals surface area contributed by atoms with Crippen LogP contribution in [0.25, 0.3) is 5.57 Å². The molecule has 0 bridgehead atoms. The molecule has 1 atom stereocenters. The Kier molecular flexibility index (Phi) is 5.56. The number of carbonyl (C=O) groups excluding carboxylic acids is 2. The summed E-state index contributed by atoms with van der Waals surface area (Å²) < 4.78 is 39.7. The predicted molar refractivity (Wildman–Crippen MR) is 112 cm³/mol. The van der Waals surface area contributed by atoms with Gasteiger partial charge in [-0.3, -0.25) is 9.59 Å². The third-order valence-electron chi connectivity index (χ3n) is 5.60. The predicted octanol–water partition coefficient (Wildman–Crippen LogP) is 5.38. The van der Waals surface area contributed by atoms with Gasteiger partial charge >= 0.3 is 6.18 Å². The van der Waals surface area contributed by atoms with Crippen LogP contribution in [0.2, 0.25) is 5.02 Å². The molecule has 2 aromatic carbocycles. The first-order chi connectivity index (χ1) is 14.7. The van der Waals surface area contributed by atoms with Crippen molar-refractivity contribution in [2.75, 3.05) is 18.0 Å². The van der Waals surface area contributed by atoms with Crippen LogP contribution >= 0.6 is 11.6 Å². The van der Waals surface area contributed by atoms with Gasteiger partial charge in [0.15, 0.2) is 0 Å². The van der Waals surface area contributed by atoms with E-state index in [9.17, 15) is 22.8 Å². The number of alkyl halides is 3. The van der Waals surface area contributed by atoms with Crippen LogP contribution in [-0.2, 0) is 15.8 Å². The Morgan fingerprint density at radius 1 is 1.03 bits per heavy atom. The number of hydrogen-bond acceptors (Lipinski definition) is 3. The first-order valence-electron chi connectivity index (χ1n) is 9.98. The zero-order valence-electron chi connectivity index (χ0n) is 16.7. The summed E-state index contributed by atoms with van der Waals surface area (Å²) >= 11 is 5.98.